The Kier molecular flexibility index (Phi) is 3.04. The summed E-state index contributed by atoms with van der Waals surface area (Å²) in [7, 11) is 0. The predicted molar refractivity (Wildman–Crippen MR) is 62.0 cm³/mol. The lowest BCUT2D eigenvalue weighted by Crippen LogP contribution is -2.02. The largest absolute Gasteiger partial charge is 0.326 e. The van der Waals surface area contributed by atoms with Gasteiger partial charge in [0.1, 0.15) is 0 Å². The van der Waals surface area contributed by atoms with Gasteiger partial charge in [0, 0.05) is 18.9 Å². The Morgan fingerprint density at radius 2 is 2.27 bits per heavy atom. The van der Waals surface area contributed by atoms with E-state index < -0.39 is 0 Å². The smallest absolute Gasteiger partial charge is 0.172 e. The van der Waals surface area contributed by atoms with Crippen molar-refractivity contribution in [3.8, 4) is 5.82 Å². The highest BCUT2D eigenvalue weighted by molar-refractivity contribution is 9.10. The lowest BCUT2D eigenvalue weighted by atomic mass is 10.3. The average Bonchev–Trinajstić information content (AvgIpc) is 2.64. The first-order chi connectivity index (χ1) is 7.20. The minimum Gasteiger partial charge on any atom is -0.326 e. The molecule has 0 radical (unpaired) electrons. The van der Waals surface area contributed by atoms with E-state index >= 15 is 0 Å². The standard InChI is InChI=1S/C9H8BrClN4/c10-7-4-14-15(5-7)9-8(11)1-6(2-12)3-13-9/h1,3-5H,2,12H2. The fraction of sp³-hybridized carbons (Fsp3) is 0.111. The Balaban J connectivity index is 2.45. The van der Waals surface area contributed by atoms with Crippen LogP contribution in [0.5, 0.6) is 0 Å². The van der Waals surface area contributed by atoms with E-state index in [1.165, 1.54) is 0 Å². The van der Waals surface area contributed by atoms with Crippen LogP contribution in [0.2, 0.25) is 5.02 Å². The fourth-order valence-electron chi connectivity index (χ4n) is 1.17. The molecule has 0 aliphatic rings. The monoisotopic (exact) mass is 286 g/mol. The van der Waals surface area contributed by atoms with Gasteiger partial charge < -0.3 is 5.73 Å². The number of hydrogen-bond acceptors (Lipinski definition) is 3. The van der Waals surface area contributed by atoms with Gasteiger partial charge in [0.25, 0.3) is 0 Å². The summed E-state index contributed by atoms with van der Waals surface area (Å²) in [6, 6.07) is 1.79. The van der Waals surface area contributed by atoms with Crippen LogP contribution >= 0.6 is 27.5 Å². The number of aromatic nitrogens is 3. The third kappa shape index (κ3) is 2.19. The molecule has 0 amide bonds. The molecule has 2 heterocycles. The molecule has 0 aromatic carbocycles. The Labute approximate surface area is 100 Å². The van der Waals surface area contributed by atoms with Gasteiger partial charge in [-0.2, -0.15) is 5.10 Å². The summed E-state index contributed by atoms with van der Waals surface area (Å²) in [5.41, 5.74) is 6.38. The summed E-state index contributed by atoms with van der Waals surface area (Å²) in [6.45, 7) is 0.426. The molecule has 2 aromatic rings. The van der Waals surface area contributed by atoms with Crippen molar-refractivity contribution in [3.63, 3.8) is 0 Å². The van der Waals surface area contributed by atoms with Crippen LogP contribution in [0.25, 0.3) is 5.82 Å². The minimum atomic E-state index is 0.426. The molecule has 0 aliphatic carbocycles. The average molecular weight is 288 g/mol. The molecule has 2 N–H and O–H groups in total. The van der Waals surface area contributed by atoms with E-state index in [0.29, 0.717) is 17.4 Å². The topological polar surface area (TPSA) is 56.7 Å². The molecule has 0 aliphatic heterocycles. The molecular formula is C9H8BrClN4. The van der Waals surface area contributed by atoms with Crippen molar-refractivity contribution < 1.29 is 0 Å². The minimum absolute atomic E-state index is 0.426. The van der Waals surface area contributed by atoms with Crippen molar-refractivity contribution in [1.29, 1.82) is 0 Å². The molecule has 4 nitrogen and oxygen atoms in total. The summed E-state index contributed by atoms with van der Waals surface area (Å²) in [6.07, 6.45) is 5.15. The first-order valence-electron chi connectivity index (χ1n) is 4.25. The zero-order chi connectivity index (χ0) is 10.8. The molecule has 2 rings (SSSR count). The van der Waals surface area contributed by atoms with Crippen molar-refractivity contribution in [2.75, 3.05) is 0 Å². The van der Waals surface area contributed by atoms with Crippen LogP contribution < -0.4 is 5.73 Å². The lowest BCUT2D eigenvalue weighted by Gasteiger charge is -2.04. The number of hydrogen-bond donors (Lipinski definition) is 1. The van der Waals surface area contributed by atoms with Gasteiger partial charge in [-0.05, 0) is 27.6 Å². The number of nitrogens with zero attached hydrogens (tertiary/aromatic N) is 3. The zero-order valence-corrected chi connectivity index (χ0v) is 10.0. The van der Waals surface area contributed by atoms with E-state index in [-0.39, 0.29) is 0 Å². The van der Waals surface area contributed by atoms with Gasteiger partial charge in [-0.1, -0.05) is 11.6 Å². The van der Waals surface area contributed by atoms with Gasteiger partial charge in [-0.15, -0.1) is 0 Å². The summed E-state index contributed by atoms with van der Waals surface area (Å²) >= 11 is 9.37. The third-order valence-corrected chi connectivity index (χ3v) is 2.57. The molecule has 0 atom stereocenters. The van der Waals surface area contributed by atoms with Crippen molar-refractivity contribution in [2.24, 2.45) is 5.73 Å². The van der Waals surface area contributed by atoms with Crippen LogP contribution in [0.3, 0.4) is 0 Å². The fourth-order valence-corrected chi connectivity index (χ4v) is 1.73. The molecule has 0 unspecified atom stereocenters. The first kappa shape index (κ1) is 10.6. The van der Waals surface area contributed by atoms with Crippen LogP contribution in [-0.4, -0.2) is 14.8 Å². The Morgan fingerprint density at radius 1 is 1.47 bits per heavy atom. The van der Waals surface area contributed by atoms with Crippen LogP contribution in [0.15, 0.2) is 29.1 Å². The number of nitrogens with two attached hydrogens (primary N) is 1. The maximum Gasteiger partial charge on any atom is 0.172 e. The highest BCUT2D eigenvalue weighted by atomic mass is 79.9. The number of pyridine rings is 1. The van der Waals surface area contributed by atoms with Crippen LogP contribution in [0.4, 0.5) is 0 Å². The Hall–Kier alpha value is -0.910. The van der Waals surface area contributed by atoms with Crippen LogP contribution in [-0.2, 0) is 6.54 Å². The van der Waals surface area contributed by atoms with Crippen LogP contribution in [0.1, 0.15) is 5.56 Å². The third-order valence-electron chi connectivity index (χ3n) is 1.88. The molecule has 0 fully saturated rings. The van der Waals surface area contributed by atoms with E-state index in [4.69, 9.17) is 17.3 Å². The molecule has 15 heavy (non-hydrogen) atoms. The maximum atomic E-state index is 6.06. The van der Waals surface area contributed by atoms with Crippen molar-refractivity contribution >= 4 is 27.5 Å². The summed E-state index contributed by atoms with van der Waals surface area (Å²) in [5.74, 6) is 0.597. The van der Waals surface area contributed by atoms with E-state index in [0.717, 1.165) is 10.0 Å². The molecular weight excluding hydrogens is 279 g/mol. The maximum absolute atomic E-state index is 6.06. The van der Waals surface area contributed by atoms with Gasteiger partial charge in [0.15, 0.2) is 5.82 Å². The van der Waals surface area contributed by atoms with Gasteiger partial charge in [-0.3, -0.25) is 0 Å². The summed E-state index contributed by atoms with van der Waals surface area (Å²) in [4.78, 5) is 4.20. The highest BCUT2D eigenvalue weighted by Crippen LogP contribution is 2.20. The van der Waals surface area contributed by atoms with E-state index in [9.17, 15) is 0 Å². The summed E-state index contributed by atoms with van der Waals surface area (Å²) < 4.78 is 2.48. The SMILES string of the molecule is NCc1cnc(-n2cc(Br)cn2)c(Cl)c1. The normalized spacial score (nSPS) is 10.6. The van der Waals surface area contributed by atoms with Gasteiger partial charge in [-0.25, -0.2) is 9.67 Å². The molecule has 0 bridgehead atoms. The van der Waals surface area contributed by atoms with Crippen molar-refractivity contribution in [3.05, 3.63) is 39.7 Å². The van der Waals surface area contributed by atoms with Gasteiger partial charge in [0.05, 0.1) is 15.7 Å². The highest BCUT2D eigenvalue weighted by Gasteiger charge is 2.06. The summed E-state index contributed by atoms with van der Waals surface area (Å²) in [5, 5.41) is 4.63. The number of halogens is 2. The molecule has 0 spiro atoms. The second-order valence-corrected chi connectivity index (χ2v) is 4.28. The Morgan fingerprint density at radius 3 is 2.80 bits per heavy atom. The van der Waals surface area contributed by atoms with Crippen LogP contribution in [0, 0.1) is 0 Å². The molecule has 0 saturated heterocycles. The molecule has 78 valence electrons. The van der Waals surface area contributed by atoms with Gasteiger partial charge >= 0.3 is 0 Å². The number of rotatable bonds is 2. The second-order valence-electron chi connectivity index (χ2n) is 2.96. The first-order valence-corrected chi connectivity index (χ1v) is 5.43. The Bertz CT molecular complexity index is 483. The van der Waals surface area contributed by atoms with Crippen molar-refractivity contribution in [2.45, 2.75) is 6.54 Å². The van der Waals surface area contributed by atoms with Gasteiger partial charge in [0.2, 0.25) is 0 Å². The van der Waals surface area contributed by atoms with Crippen molar-refractivity contribution in [1.82, 2.24) is 14.8 Å². The van der Waals surface area contributed by atoms with E-state index in [1.807, 2.05) is 0 Å². The molecule has 2 aromatic heterocycles. The molecule has 0 saturated carbocycles. The quantitative estimate of drug-likeness (QED) is 0.920. The molecule has 6 heteroatoms. The van der Waals surface area contributed by atoms with E-state index in [2.05, 4.69) is 26.0 Å². The van der Waals surface area contributed by atoms with E-state index in [1.54, 1.807) is 29.3 Å². The lowest BCUT2D eigenvalue weighted by molar-refractivity contribution is 0.842. The second kappa shape index (κ2) is 4.30. The predicted octanol–water partition coefficient (Wildman–Crippen LogP) is 2.14. The zero-order valence-electron chi connectivity index (χ0n) is 7.69.